The average Bonchev–Trinajstić information content (AvgIpc) is 2.36. The predicted octanol–water partition coefficient (Wildman–Crippen LogP) is 5.64. The van der Waals surface area contributed by atoms with Gasteiger partial charge in [0.1, 0.15) is 0 Å². The normalized spacial score (nSPS) is 16.5. The molecule has 3 rings (SSSR count). The summed E-state index contributed by atoms with van der Waals surface area (Å²) in [4.78, 5) is 0. The van der Waals surface area contributed by atoms with Gasteiger partial charge in [-0.15, -0.1) is 0 Å². The van der Waals surface area contributed by atoms with E-state index in [1.165, 1.54) is 34.9 Å². The van der Waals surface area contributed by atoms with Crippen LogP contribution in [0.1, 0.15) is 46.1 Å². The Morgan fingerprint density at radius 2 is 1.57 bits per heavy atom. The molecule has 1 aliphatic heterocycles. The van der Waals surface area contributed by atoms with Gasteiger partial charge in [0.2, 0.25) is 0 Å². The van der Waals surface area contributed by atoms with Crippen LogP contribution in [0.4, 0.5) is 5.69 Å². The van der Waals surface area contributed by atoms with Gasteiger partial charge in [-0.3, -0.25) is 0 Å². The Labute approximate surface area is 128 Å². The zero-order valence-electron chi connectivity index (χ0n) is 13.7. The molecule has 0 saturated heterocycles. The van der Waals surface area contributed by atoms with Crippen LogP contribution >= 0.6 is 0 Å². The highest BCUT2D eigenvalue weighted by molar-refractivity contribution is 5.98. The number of nitrogens with one attached hydrogen (secondary N) is 1. The Balaban J connectivity index is 2.07. The molecule has 1 N–H and O–H groups in total. The van der Waals surface area contributed by atoms with Gasteiger partial charge in [0, 0.05) is 16.6 Å². The first-order valence-electron chi connectivity index (χ1n) is 8.28. The highest BCUT2D eigenvalue weighted by Crippen LogP contribution is 2.41. The standard InChI is InChI=1S/C20H27N/c1-14(2)11-20(12-15(3)4)13-17-9-5-7-16-8-6-10-18(21-20)19(16)17/h5-10,14-15,21H,11-13H2,1-4H3. The minimum Gasteiger partial charge on any atom is -0.379 e. The molecule has 0 bridgehead atoms. The van der Waals surface area contributed by atoms with Crippen LogP contribution in [0.2, 0.25) is 0 Å². The van der Waals surface area contributed by atoms with Crippen molar-refractivity contribution in [2.45, 2.75) is 52.5 Å². The maximum Gasteiger partial charge on any atom is 0.0427 e. The van der Waals surface area contributed by atoms with Crippen LogP contribution in [0.3, 0.4) is 0 Å². The maximum atomic E-state index is 3.94. The van der Waals surface area contributed by atoms with Crippen LogP contribution in [0.5, 0.6) is 0 Å². The second kappa shape index (κ2) is 5.36. The monoisotopic (exact) mass is 281 g/mol. The summed E-state index contributed by atoms with van der Waals surface area (Å²) in [7, 11) is 0. The van der Waals surface area contributed by atoms with Crippen molar-refractivity contribution < 1.29 is 0 Å². The van der Waals surface area contributed by atoms with Gasteiger partial charge in [0.05, 0.1) is 0 Å². The Kier molecular flexibility index (Phi) is 3.69. The number of anilines is 1. The fourth-order valence-corrected chi connectivity index (χ4v) is 4.26. The Morgan fingerprint density at radius 1 is 0.952 bits per heavy atom. The van der Waals surface area contributed by atoms with E-state index in [1.54, 1.807) is 0 Å². The Morgan fingerprint density at radius 3 is 2.19 bits per heavy atom. The number of hydrogen-bond acceptors (Lipinski definition) is 1. The van der Waals surface area contributed by atoms with Crippen LogP contribution in [-0.4, -0.2) is 5.54 Å². The largest absolute Gasteiger partial charge is 0.379 e. The first kappa shape index (κ1) is 14.4. The third kappa shape index (κ3) is 2.79. The molecule has 0 radical (unpaired) electrons. The summed E-state index contributed by atoms with van der Waals surface area (Å²) >= 11 is 0. The lowest BCUT2D eigenvalue weighted by Crippen LogP contribution is -2.45. The molecular weight excluding hydrogens is 254 g/mol. The molecule has 0 aromatic heterocycles. The molecule has 1 nitrogen and oxygen atoms in total. The molecule has 112 valence electrons. The fraction of sp³-hybridized carbons (Fsp3) is 0.500. The van der Waals surface area contributed by atoms with E-state index in [0.717, 1.165) is 6.42 Å². The third-order valence-corrected chi connectivity index (χ3v) is 4.52. The van der Waals surface area contributed by atoms with E-state index >= 15 is 0 Å². The Bertz CT molecular complexity index is 587. The van der Waals surface area contributed by atoms with E-state index in [9.17, 15) is 0 Å². The molecule has 1 aliphatic rings. The van der Waals surface area contributed by atoms with Gasteiger partial charge in [-0.1, -0.05) is 58.0 Å². The van der Waals surface area contributed by atoms with E-state index < -0.39 is 0 Å². The van der Waals surface area contributed by atoms with E-state index in [2.05, 4.69) is 69.4 Å². The Hall–Kier alpha value is -1.50. The smallest absolute Gasteiger partial charge is 0.0427 e. The zero-order chi connectivity index (χ0) is 15.0. The summed E-state index contributed by atoms with van der Waals surface area (Å²) in [5.74, 6) is 1.42. The van der Waals surface area contributed by atoms with Gasteiger partial charge in [-0.05, 0) is 48.1 Å². The van der Waals surface area contributed by atoms with E-state index in [1.807, 2.05) is 0 Å². The molecule has 0 amide bonds. The molecule has 1 heteroatoms. The first-order valence-corrected chi connectivity index (χ1v) is 8.28. The van der Waals surface area contributed by atoms with Crippen molar-refractivity contribution in [3.05, 3.63) is 42.0 Å². The van der Waals surface area contributed by atoms with E-state index in [4.69, 9.17) is 0 Å². The van der Waals surface area contributed by atoms with Crippen molar-refractivity contribution in [1.29, 1.82) is 0 Å². The fourth-order valence-electron chi connectivity index (χ4n) is 4.26. The molecule has 0 atom stereocenters. The summed E-state index contributed by atoms with van der Waals surface area (Å²) in [6.45, 7) is 9.35. The number of benzene rings is 2. The van der Waals surface area contributed by atoms with Gasteiger partial charge in [-0.25, -0.2) is 0 Å². The number of rotatable bonds is 4. The third-order valence-electron chi connectivity index (χ3n) is 4.52. The van der Waals surface area contributed by atoms with E-state index in [0.29, 0.717) is 11.8 Å². The maximum absolute atomic E-state index is 3.94. The summed E-state index contributed by atoms with van der Waals surface area (Å²) < 4.78 is 0. The lowest BCUT2D eigenvalue weighted by molar-refractivity contribution is 0.306. The van der Waals surface area contributed by atoms with Crippen molar-refractivity contribution in [1.82, 2.24) is 0 Å². The van der Waals surface area contributed by atoms with Crippen molar-refractivity contribution in [3.63, 3.8) is 0 Å². The second-order valence-electron chi connectivity index (χ2n) is 7.60. The van der Waals surface area contributed by atoms with Crippen molar-refractivity contribution in [2.24, 2.45) is 11.8 Å². The summed E-state index contributed by atoms with van der Waals surface area (Å²) in [6, 6.07) is 13.4. The quantitative estimate of drug-likeness (QED) is 0.764. The van der Waals surface area contributed by atoms with Gasteiger partial charge in [0.25, 0.3) is 0 Å². The van der Waals surface area contributed by atoms with Crippen LogP contribution in [0.25, 0.3) is 10.8 Å². The summed E-state index contributed by atoms with van der Waals surface area (Å²) in [5, 5.41) is 6.73. The second-order valence-corrected chi connectivity index (χ2v) is 7.60. The summed E-state index contributed by atoms with van der Waals surface area (Å²) in [5.41, 5.74) is 3.06. The molecule has 2 aromatic carbocycles. The molecule has 0 unspecified atom stereocenters. The zero-order valence-corrected chi connectivity index (χ0v) is 13.7. The molecule has 1 heterocycles. The van der Waals surface area contributed by atoms with Gasteiger partial charge in [-0.2, -0.15) is 0 Å². The molecule has 2 aromatic rings. The van der Waals surface area contributed by atoms with Crippen molar-refractivity contribution >= 4 is 16.5 Å². The van der Waals surface area contributed by atoms with Crippen molar-refractivity contribution in [3.8, 4) is 0 Å². The lowest BCUT2D eigenvalue weighted by atomic mass is 9.74. The summed E-state index contributed by atoms with van der Waals surface area (Å²) in [6.07, 6.45) is 3.61. The molecule has 0 aliphatic carbocycles. The van der Waals surface area contributed by atoms with Gasteiger partial charge >= 0.3 is 0 Å². The SMILES string of the molecule is CC(C)CC1(CC(C)C)Cc2cccc3cccc(c23)N1. The minimum absolute atomic E-state index is 0.213. The molecular formula is C20H27N. The van der Waals surface area contributed by atoms with Crippen LogP contribution in [0.15, 0.2) is 36.4 Å². The van der Waals surface area contributed by atoms with Crippen molar-refractivity contribution in [2.75, 3.05) is 5.32 Å². The first-order chi connectivity index (χ1) is 9.99. The molecule has 0 fully saturated rings. The van der Waals surface area contributed by atoms with Crippen LogP contribution in [-0.2, 0) is 6.42 Å². The predicted molar refractivity (Wildman–Crippen MR) is 92.9 cm³/mol. The number of hydrogen-bond donors (Lipinski definition) is 1. The molecule has 0 spiro atoms. The lowest BCUT2D eigenvalue weighted by Gasteiger charge is -2.42. The van der Waals surface area contributed by atoms with Crippen LogP contribution in [0, 0.1) is 11.8 Å². The average molecular weight is 281 g/mol. The van der Waals surface area contributed by atoms with Crippen LogP contribution < -0.4 is 5.32 Å². The van der Waals surface area contributed by atoms with Gasteiger partial charge < -0.3 is 5.32 Å². The van der Waals surface area contributed by atoms with E-state index in [-0.39, 0.29) is 5.54 Å². The topological polar surface area (TPSA) is 12.0 Å². The molecule has 0 saturated carbocycles. The highest BCUT2D eigenvalue weighted by Gasteiger charge is 2.35. The molecule has 21 heavy (non-hydrogen) atoms. The highest BCUT2D eigenvalue weighted by atomic mass is 15.0. The van der Waals surface area contributed by atoms with Gasteiger partial charge in [0.15, 0.2) is 0 Å². The minimum atomic E-state index is 0.213.